The number of carbonyl (C=O) groups excluding carboxylic acids is 1. The number of nitrogens with two attached hydrogens (primary N) is 1. The van der Waals surface area contributed by atoms with Crippen LogP contribution in [0.25, 0.3) is 0 Å². The molecule has 1 amide bonds. The van der Waals surface area contributed by atoms with Crippen molar-refractivity contribution in [2.45, 2.75) is 25.7 Å². The molecule has 18 heavy (non-hydrogen) atoms. The van der Waals surface area contributed by atoms with Gasteiger partial charge in [-0.25, -0.2) is 0 Å². The summed E-state index contributed by atoms with van der Waals surface area (Å²) in [4.78, 5) is 12.0. The highest BCUT2D eigenvalue weighted by molar-refractivity contribution is 6.04. The molecule has 0 saturated heterocycles. The van der Waals surface area contributed by atoms with Crippen molar-refractivity contribution in [3.05, 3.63) is 11.8 Å². The van der Waals surface area contributed by atoms with Crippen LogP contribution in [-0.4, -0.2) is 26.7 Å². The molecule has 1 aromatic heterocycles. The molecule has 0 spiro atoms. The van der Waals surface area contributed by atoms with Gasteiger partial charge in [-0.05, 0) is 12.8 Å². The number of hydrogen-bond donors (Lipinski definition) is 3. The van der Waals surface area contributed by atoms with E-state index < -0.39 is 0 Å². The zero-order valence-electron chi connectivity index (χ0n) is 10.3. The Hall–Kier alpha value is -2.05. The van der Waals surface area contributed by atoms with E-state index in [4.69, 9.17) is 10.9 Å². The highest BCUT2D eigenvalue weighted by Gasteiger charge is 2.24. The fourth-order valence-electron chi connectivity index (χ4n) is 2.23. The summed E-state index contributed by atoms with van der Waals surface area (Å²) in [6.07, 6.45) is 5.48. The van der Waals surface area contributed by atoms with Crippen molar-refractivity contribution in [1.29, 1.82) is 0 Å². The molecule has 0 bridgehead atoms. The van der Waals surface area contributed by atoms with Gasteiger partial charge in [0.25, 0.3) is 0 Å². The molecule has 4 N–H and O–H groups in total. The summed E-state index contributed by atoms with van der Waals surface area (Å²) in [6, 6.07) is 0. The number of rotatable bonds is 3. The molecule has 1 aliphatic rings. The van der Waals surface area contributed by atoms with Crippen molar-refractivity contribution in [3.63, 3.8) is 0 Å². The normalized spacial score (nSPS) is 17.1. The Kier molecular flexibility index (Phi) is 3.50. The standard InChI is InChI=1S/C11H17N5O2/c1-16-10(8(6-13-16)9(12)15-18)14-11(17)7-4-2-3-5-7/h6-7,18H,2-5H2,1H3,(H2,12,15)(H,14,17). The maximum absolute atomic E-state index is 12.0. The lowest BCUT2D eigenvalue weighted by molar-refractivity contribution is -0.119. The van der Waals surface area contributed by atoms with Crippen LogP contribution in [0.3, 0.4) is 0 Å². The van der Waals surface area contributed by atoms with Crippen LogP contribution in [0, 0.1) is 5.92 Å². The summed E-state index contributed by atoms with van der Waals surface area (Å²) in [7, 11) is 1.69. The summed E-state index contributed by atoms with van der Waals surface area (Å²) in [5.41, 5.74) is 5.96. The molecule has 1 saturated carbocycles. The van der Waals surface area contributed by atoms with E-state index in [1.807, 2.05) is 0 Å². The average Bonchev–Trinajstić information content (AvgIpc) is 2.99. The van der Waals surface area contributed by atoms with Crippen LogP contribution in [0.4, 0.5) is 5.82 Å². The first-order chi connectivity index (χ1) is 8.63. The highest BCUT2D eigenvalue weighted by atomic mass is 16.4. The van der Waals surface area contributed by atoms with E-state index in [0.717, 1.165) is 25.7 Å². The maximum Gasteiger partial charge on any atom is 0.228 e. The summed E-state index contributed by atoms with van der Waals surface area (Å²) >= 11 is 0. The fourth-order valence-corrected chi connectivity index (χ4v) is 2.23. The van der Waals surface area contributed by atoms with Gasteiger partial charge in [0.15, 0.2) is 5.84 Å². The zero-order valence-corrected chi connectivity index (χ0v) is 10.3. The van der Waals surface area contributed by atoms with Crippen LogP contribution in [0.5, 0.6) is 0 Å². The number of amidine groups is 1. The number of nitrogens with one attached hydrogen (secondary N) is 1. The molecular weight excluding hydrogens is 234 g/mol. The van der Waals surface area contributed by atoms with Crippen molar-refractivity contribution in [1.82, 2.24) is 9.78 Å². The van der Waals surface area contributed by atoms with Crippen molar-refractivity contribution in [3.8, 4) is 0 Å². The van der Waals surface area contributed by atoms with Gasteiger partial charge in [-0.1, -0.05) is 18.0 Å². The molecule has 0 aliphatic heterocycles. The summed E-state index contributed by atoms with van der Waals surface area (Å²) in [6.45, 7) is 0. The Labute approximate surface area is 105 Å². The number of amides is 1. The molecular formula is C11H17N5O2. The second-order valence-electron chi connectivity index (χ2n) is 4.49. The van der Waals surface area contributed by atoms with E-state index >= 15 is 0 Å². The molecule has 1 aliphatic carbocycles. The first-order valence-corrected chi connectivity index (χ1v) is 5.94. The zero-order chi connectivity index (χ0) is 13.1. The van der Waals surface area contributed by atoms with Gasteiger partial charge in [0.05, 0.1) is 11.8 Å². The number of hydrogen-bond acceptors (Lipinski definition) is 4. The molecule has 7 heteroatoms. The van der Waals surface area contributed by atoms with Gasteiger partial charge in [-0.3, -0.25) is 9.48 Å². The minimum Gasteiger partial charge on any atom is -0.409 e. The smallest absolute Gasteiger partial charge is 0.228 e. The van der Waals surface area contributed by atoms with Crippen LogP contribution in [0.15, 0.2) is 11.4 Å². The van der Waals surface area contributed by atoms with Gasteiger partial charge in [0.2, 0.25) is 5.91 Å². The number of oxime groups is 1. The molecule has 1 fully saturated rings. The SMILES string of the molecule is Cn1ncc(C(N)=NO)c1NC(=O)C1CCCC1. The second kappa shape index (κ2) is 5.07. The third-order valence-corrected chi connectivity index (χ3v) is 3.29. The molecule has 0 aromatic carbocycles. The quantitative estimate of drug-likeness (QED) is 0.317. The summed E-state index contributed by atoms with van der Waals surface area (Å²) < 4.78 is 1.50. The van der Waals surface area contributed by atoms with Crippen LogP contribution < -0.4 is 11.1 Å². The maximum atomic E-state index is 12.0. The van der Waals surface area contributed by atoms with Gasteiger partial charge < -0.3 is 16.3 Å². The third-order valence-electron chi connectivity index (χ3n) is 3.29. The molecule has 1 heterocycles. The molecule has 0 atom stereocenters. The number of anilines is 1. The highest BCUT2D eigenvalue weighted by Crippen LogP contribution is 2.26. The molecule has 1 aromatic rings. The topological polar surface area (TPSA) is 106 Å². The number of aryl methyl sites for hydroxylation is 1. The second-order valence-corrected chi connectivity index (χ2v) is 4.49. The van der Waals surface area contributed by atoms with Gasteiger partial charge in [-0.15, -0.1) is 0 Å². The molecule has 0 radical (unpaired) electrons. The van der Waals surface area contributed by atoms with E-state index in [1.54, 1.807) is 7.05 Å². The lowest BCUT2D eigenvalue weighted by Gasteiger charge is -2.11. The number of nitrogens with zero attached hydrogens (tertiary/aromatic N) is 3. The van der Waals surface area contributed by atoms with Gasteiger partial charge in [0.1, 0.15) is 5.82 Å². The fraction of sp³-hybridized carbons (Fsp3) is 0.545. The molecule has 2 rings (SSSR count). The van der Waals surface area contributed by atoms with Gasteiger partial charge in [0, 0.05) is 13.0 Å². The number of aromatic nitrogens is 2. The Morgan fingerprint density at radius 1 is 1.61 bits per heavy atom. The molecule has 7 nitrogen and oxygen atoms in total. The van der Waals surface area contributed by atoms with Crippen LogP contribution >= 0.6 is 0 Å². The Morgan fingerprint density at radius 3 is 2.89 bits per heavy atom. The predicted octanol–water partition coefficient (Wildman–Crippen LogP) is 0.643. The predicted molar refractivity (Wildman–Crippen MR) is 66.3 cm³/mol. The summed E-state index contributed by atoms with van der Waals surface area (Å²) in [5, 5.41) is 18.4. The molecule has 0 unspecified atom stereocenters. The number of carbonyl (C=O) groups is 1. The van der Waals surface area contributed by atoms with E-state index in [9.17, 15) is 4.79 Å². The van der Waals surface area contributed by atoms with E-state index in [1.165, 1.54) is 10.9 Å². The third kappa shape index (κ3) is 2.29. The van der Waals surface area contributed by atoms with Crippen molar-refractivity contribution in [2.75, 3.05) is 5.32 Å². The summed E-state index contributed by atoms with van der Waals surface area (Å²) in [5.74, 6) is 0.426. The Bertz CT molecular complexity index is 474. The average molecular weight is 251 g/mol. The van der Waals surface area contributed by atoms with E-state index in [-0.39, 0.29) is 17.7 Å². The van der Waals surface area contributed by atoms with Gasteiger partial charge in [-0.2, -0.15) is 5.10 Å². The lowest BCUT2D eigenvalue weighted by Crippen LogP contribution is -2.24. The molecule has 98 valence electrons. The van der Waals surface area contributed by atoms with Gasteiger partial charge >= 0.3 is 0 Å². The monoisotopic (exact) mass is 251 g/mol. The van der Waals surface area contributed by atoms with Crippen LogP contribution in [0.2, 0.25) is 0 Å². The van der Waals surface area contributed by atoms with Crippen molar-refractivity contribution in [2.24, 2.45) is 23.9 Å². The van der Waals surface area contributed by atoms with Crippen molar-refractivity contribution >= 4 is 17.6 Å². The largest absolute Gasteiger partial charge is 0.409 e. The first kappa shape index (κ1) is 12.4. The van der Waals surface area contributed by atoms with Crippen molar-refractivity contribution < 1.29 is 10.0 Å². The Balaban J connectivity index is 2.17. The first-order valence-electron chi connectivity index (χ1n) is 5.94. The van der Waals surface area contributed by atoms with E-state index in [2.05, 4.69) is 15.6 Å². The van der Waals surface area contributed by atoms with Crippen LogP contribution in [-0.2, 0) is 11.8 Å². The lowest BCUT2D eigenvalue weighted by atomic mass is 10.1. The van der Waals surface area contributed by atoms with E-state index in [0.29, 0.717) is 11.4 Å². The minimum absolute atomic E-state index is 0.0249. The van der Waals surface area contributed by atoms with Crippen LogP contribution in [0.1, 0.15) is 31.2 Å². The minimum atomic E-state index is -0.0650. The Morgan fingerprint density at radius 2 is 2.28 bits per heavy atom.